The van der Waals surface area contributed by atoms with Gasteiger partial charge >= 0.3 is 5.97 Å². The zero-order valence-electron chi connectivity index (χ0n) is 6.06. The Hall–Kier alpha value is -0.610. The maximum absolute atomic E-state index is 10.4. The number of carbonyl (C=O) groups is 1. The molecule has 62 valence electrons. The van der Waals surface area contributed by atoms with Gasteiger partial charge in [0.1, 0.15) is 6.04 Å². The highest BCUT2D eigenvalue weighted by Crippen LogP contribution is 2.52. The average Bonchev–Trinajstić information content (AvgIpc) is 2.41. The van der Waals surface area contributed by atoms with E-state index >= 15 is 0 Å². The Morgan fingerprint density at radius 3 is 2.55 bits per heavy atom. The van der Waals surface area contributed by atoms with Crippen LogP contribution in [0.15, 0.2) is 0 Å². The van der Waals surface area contributed by atoms with Crippen LogP contribution < -0.4 is 5.73 Å². The fraction of sp³-hybridized carbons (Fsp3) is 0.857. The van der Waals surface area contributed by atoms with Crippen LogP contribution in [0.3, 0.4) is 0 Å². The summed E-state index contributed by atoms with van der Waals surface area (Å²) in [4.78, 5) is 10.4. The molecule has 0 bridgehead atoms. The molecule has 1 saturated heterocycles. The minimum atomic E-state index is -0.885. The summed E-state index contributed by atoms with van der Waals surface area (Å²) in [7, 11) is 0. The first-order valence-corrected chi connectivity index (χ1v) is 3.78. The minimum Gasteiger partial charge on any atom is -0.480 e. The number of ether oxygens (including phenoxy) is 1. The molecular weight excluding hydrogens is 146 g/mol. The SMILES string of the molecule is NC(C(=O)O)C1[C@H]2COC[C@@H]12. The largest absolute Gasteiger partial charge is 0.480 e. The zero-order valence-corrected chi connectivity index (χ0v) is 6.06. The van der Waals surface area contributed by atoms with Crippen LogP contribution >= 0.6 is 0 Å². The lowest BCUT2D eigenvalue weighted by Crippen LogP contribution is -2.34. The number of hydrogen-bond acceptors (Lipinski definition) is 3. The summed E-state index contributed by atoms with van der Waals surface area (Å²) in [6, 6.07) is -0.672. The standard InChI is InChI=1S/C7H11NO3/c8-6(7(9)10)5-3-1-11-2-4(3)5/h3-6H,1-2,8H2,(H,9,10)/t3-,4+,5?,6?. The summed E-state index contributed by atoms with van der Waals surface area (Å²) in [6.07, 6.45) is 0. The van der Waals surface area contributed by atoms with Crippen molar-refractivity contribution in [1.82, 2.24) is 0 Å². The molecule has 2 aliphatic rings. The summed E-state index contributed by atoms with van der Waals surface area (Å²) in [5, 5.41) is 8.58. The molecule has 4 nitrogen and oxygen atoms in total. The molecule has 2 unspecified atom stereocenters. The second kappa shape index (κ2) is 2.19. The third-order valence-electron chi connectivity index (χ3n) is 2.72. The Morgan fingerprint density at radius 2 is 2.09 bits per heavy atom. The first-order chi connectivity index (χ1) is 5.22. The first kappa shape index (κ1) is 7.06. The van der Waals surface area contributed by atoms with Gasteiger partial charge in [-0.25, -0.2) is 0 Å². The van der Waals surface area contributed by atoms with Crippen molar-refractivity contribution in [3.63, 3.8) is 0 Å². The molecule has 2 rings (SSSR count). The van der Waals surface area contributed by atoms with Gasteiger partial charge in [-0.05, 0) is 17.8 Å². The average molecular weight is 157 g/mol. The summed E-state index contributed by atoms with van der Waals surface area (Å²) < 4.78 is 5.12. The number of rotatable bonds is 2. The van der Waals surface area contributed by atoms with Crippen molar-refractivity contribution < 1.29 is 14.6 Å². The Balaban J connectivity index is 1.95. The Bertz CT molecular complexity index is 184. The number of fused-ring (bicyclic) bond motifs is 1. The van der Waals surface area contributed by atoms with Crippen molar-refractivity contribution in [3.8, 4) is 0 Å². The summed E-state index contributed by atoms with van der Waals surface area (Å²) in [6.45, 7) is 1.41. The molecule has 0 aromatic heterocycles. The number of aliphatic carboxylic acids is 1. The quantitative estimate of drug-likeness (QED) is 0.555. The summed E-state index contributed by atoms with van der Waals surface area (Å²) >= 11 is 0. The predicted molar refractivity (Wildman–Crippen MR) is 36.9 cm³/mol. The van der Waals surface area contributed by atoms with Gasteiger partial charge in [0.25, 0.3) is 0 Å². The molecule has 1 heterocycles. The van der Waals surface area contributed by atoms with Gasteiger partial charge in [-0.1, -0.05) is 0 Å². The lowest BCUT2D eigenvalue weighted by molar-refractivity contribution is -0.139. The van der Waals surface area contributed by atoms with Crippen LogP contribution in [-0.4, -0.2) is 30.3 Å². The Morgan fingerprint density at radius 1 is 1.55 bits per heavy atom. The van der Waals surface area contributed by atoms with Crippen LogP contribution in [0.4, 0.5) is 0 Å². The van der Waals surface area contributed by atoms with Crippen molar-refractivity contribution in [3.05, 3.63) is 0 Å². The fourth-order valence-corrected chi connectivity index (χ4v) is 1.98. The van der Waals surface area contributed by atoms with Crippen LogP contribution in [0, 0.1) is 17.8 Å². The first-order valence-electron chi connectivity index (χ1n) is 3.78. The summed E-state index contributed by atoms with van der Waals surface area (Å²) in [5.74, 6) is 0.160. The van der Waals surface area contributed by atoms with E-state index < -0.39 is 12.0 Å². The number of carboxylic acid groups (broad SMARTS) is 1. The van der Waals surface area contributed by atoms with E-state index in [1.165, 1.54) is 0 Å². The van der Waals surface area contributed by atoms with Gasteiger partial charge in [0.15, 0.2) is 0 Å². The molecule has 0 spiro atoms. The van der Waals surface area contributed by atoms with E-state index in [1.54, 1.807) is 0 Å². The van der Waals surface area contributed by atoms with E-state index in [9.17, 15) is 4.79 Å². The molecule has 4 atom stereocenters. The maximum Gasteiger partial charge on any atom is 0.320 e. The van der Waals surface area contributed by atoms with Gasteiger partial charge in [-0.15, -0.1) is 0 Å². The van der Waals surface area contributed by atoms with E-state index in [0.717, 1.165) is 0 Å². The molecule has 0 amide bonds. The molecule has 1 aliphatic carbocycles. The molecule has 0 aromatic rings. The maximum atomic E-state index is 10.4. The highest BCUT2D eigenvalue weighted by Gasteiger charge is 2.58. The number of carboxylic acids is 1. The van der Waals surface area contributed by atoms with E-state index in [0.29, 0.717) is 25.0 Å². The predicted octanol–water partition coefficient (Wildman–Crippen LogP) is -0.709. The van der Waals surface area contributed by atoms with Crippen molar-refractivity contribution >= 4 is 5.97 Å². The summed E-state index contributed by atoms with van der Waals surface area (Å²) in [5.41, 5.74) is 5.46. The molecule has 3 N–H and O–H groups in total. The van der Waals surface area contributed by atoms with Gasteiger partial charge in [-0.3, -0.25) is 4.79 Å². The molecule has 0 radical (unpaired) electrons. The Kier molecular flexibility index (Phi) is 1.40. The normalized spacial score (nSPS) is 43.2. The lowest BCUT2D eigenvalue weighted by atomic mass is 10.1. The highest BCUT2D eigenvalue weighted by molar-refractivity contribution is 5.74. The van der Waals surface area contributed by atoms with Crippen LogP contribution in [0.25, 0.3) is 0 Å². The van der Waals surface area contributed by atoms with E-state index in [4.69, 9.17) is 15.6 Å². The molecule has 1 aliphatic heterocycles. The second-order valence-corrected chi connectivity index (χ2v) is 3.31. The van der Waals surface area contributed by atoms with Crippen LogP contribution in [0.2, 0.25) is 0 Å². The van der Waals surface area contributed by atoms with Crippen LogP contribution in [0.1, 0.15) is 0 Å². The molecule has 11 heavy (non-hydrogen) atoms. The van der Waals surface area contributed by atoms with E-state index in [1.807, 2.05) is 0 Å². The minimum absolute atomic E-state index is 0.182. The van der Waals surface area contributed by atoms with Gasteiger partial charge in [0.05, 0.1) is 13.2 Å². The van der Waals surface area contributed by atoms with Crippen molar-refractivity contribution in [1.29, 1.82) is 0 Å². The van der Waals surface area contributed by atoms with Gasteiger partial charge < -0.3 is 15.6 Å². The van der Waals surface area contributed by atoms with E-state index in [-0.39, 0.29) is 5.92 Å². The highest BCUT2D eigenvalue weighted by atomic mass is 16.5. The monoisotopic (exact) mass is 157 g/mol. The number of hydrogen-bond donors (Lipinski definition) is 2. The molecule has 0 aromatic carbocycles. The van der Waals surface area contributed by atoms with Gasteiger partial charge in [-0.2, -0.15) is 0 Å². The Labute approximate surface area is 64.3 Å². The zero-order chi connectivity index (χ0) is 8.01. The molecule has 1 saturated carbocycles. The fourth-order valence-electron chi connectivity index (χ4n) is 1.98. The third-order valence-corrected chi connectivity index (χ3v) is 2.72. The molecule has 4 heteroatoms. The van der Waals surface area contributed by atoms with Crippen LogP contribution in [0.5, 0.6) is 0 Å². The van der Waals surface area contributed by atoms with Crippen molar-refractivity contribution in [2.45, 2.75) is 6.04 Å². The van der Waals surface area contributed by atoms with Crippen molar-refractivity contribution in [2.75, 3.05) is 13.2 Å². The van der Waals surface area contributed by atoms with Gasteiger partial charge in [0.2, 0.25) is 0 Å². The van der Waals surface area contributed by atoms with E-state index in [2.05, 4.69) is 0 Å². The smallest absolute Gasteiger partial charge is 0.320 e. The molecular formula is C7H11NO3. The van der Waals surface area contributed by atoms with Crippen LogP contribution in [-0.2, 0) is 9.53 Å². The lowest BCUT2D eigenvalue weighted by Gasteiger charge is -2.07. The molecule has 2 fully saturated rings. The van der Waals surface area contributed by atoms with Crippen molar-refractivity contribution in [2.24, 2.45) is 23.5 Å². The van der Waals surface area contributed by atoms with Gasteiger partial charge in [0, 0.05) is 0 Å². The third kappa shape index (κ3) is 0.937. The second-order valence-electron chi connectivity index (χ2n) is 3.31. The number of nitrogens with two attached hydrogens (primary N) is 1. The topological polar surface area (TPSA) is 72.6 Å².